The highest BCUT2D eigenvalue weighted by Gasteiger charge is 2.46. The fourth-order valence-electron chi connectivity index (χ4n) is 4.92. The molecule has 1 atom stereocenters. The minimum absolute atomic E-state index is 0.0772. The van der Waals surface area contributed by atoms with Gasteiger partial charge in [0.1, 0.15) is 5.82 Å². The van der Waals surface area contributed by atoms with Crippen molar-refractivity contribution in [3.05, 3.63) is 59.9 Å². The standard InChI is InChI=1S/C26H30FN7O2/c1-33-24(30-31-32-33)20-5-2-6-22(15-20)28-25(36)29-26(11-12-26)16-23(35)34-13-3-4-19(17-34)14-18-7-9-21(27)10-8-18/h2,5-10,15,19H,3-4,11-14,16-17H2,1H3,(H2,28,29,36). The predicted molar refractivity (Wildman–Crippen MR) is 132 cm³/mol. The van der Waals surface area contributed by atoms with Crippen LogP contribution < -0.4 is 10.6 Å². The Kier molecular flexibility index (Phi) is 6.67. The quantitative estimate of drug-likeness (QED) is 0.526. The fraction of sp³-hybridized carbons (Fsp3) is 0.423. The average molecular weight is 492 g/mol. The van der Waals surface area contributed by atoms with Crippen LogP contribution in [0.1, 0.15) is 37.7 Å². The summed E-state index contributed by atoms with van der Waals surface area (Å²) >= 11 is 0. The highest BCUT2D eigenvalue weighted by molar-refractivity contribution is 5.91. The van der Waals surface area contributed by atoms with Gasteiger partial charge in [0, 0.05) is 37.8 Å². The molecule has 1 unspecified atom stereocenters. The topological polar surface area (TPSA) is 105 Å². The molecular weight excluding hydrogens is 461 g/mol. The Morgan fingerprint density at radius 1 is 1.17 bits per heavy atom. The molecule has 0 bridgehead atoms. The van der Waals surface area contributed by atoms with E-state index >= 15 is 0 Å². The van der Waals surface area contributed by atoms with Crippen molar-refractivity contribution in [3.8, 4) is 11.4 Å². The Morgan fingerprint density at radius 3 is 2.69 bits per heavy atom. The Hall–Kier alpha value is -3.82. The van der Waals surface area contributed by atoms with Gasteiger partial charge in [-0.2, -0.15) is 0 Å². The summed E-state index contributed by atoms with van der Waals surface area (Å²) in [5.41, 5.74) is 2.01. The van der Waals surface area contributed by atoms with E-state index in [0.29, 0.717) is 30.4 Å². The maximum Gasteiger partial charge on any atom is 0.319 e. The van der Waals surface area contributed by atoms with Gasteiger partial charge in [-0.15, -0.1) is 5.10 Å². The second-order valence-corrected chi connectivity index (χ2v) is 9.92. The zero-order chi connectivity index (χ0) is 25.1. The SMILES string of the molecule is Cn1nnnc1-c1cccc(NC(=O)NC2(CC(=O)N3CCCC(Cc4ccc(F)cc4)C3)CC2)c1. The Balaban J connectivity index is 1.14. The van der Waals surface area contributed by atoms with E-state index in [9.17, 15) is 14.0 Å². The molecule has 2 aromatic carbocycles. The number of halogens is 1. The van der Waals surface area contributed by atoms with Crippen LogP contribution in [0.25, 0.3) is 11.4 Å². The molecule has 0 spiro atoms. The number of nitrogens with one attached hydrogen (secondary N) is 2. The van der Waals surface area contributed by atoms with Crippen LogP contribution in [-0.2, 0) is 18.3 Å². The number of carbonyl (C=O) groups excluding carboxylic acids is 2. The molecule has 36 heavy (non-hydrogen) atoms. The van der Waals surface area contributed by atoms with Crippen LogP contribution in [0.2, 0.25) is 0 Å². The van der Waals surface area contributed by atoms with Crippen LogP contribution >= 0.6 is 0 Å². The summed E-state index contributed by atoms with van der Waals surface area (Å²) in [5.74, 6) is 0.799. The highest BCUT2D eigenvalue weighted by Crippen LogP contribution is 2.39. The number of nitrogens with zero attached hydrogens (tertiary/aromatic N) is 5. The van der Waals surface area contributed by atoms with E-state index in [1.807, 2.05) is 35.2 Å². The number of aromatic nitrogens is 4. The van der Waals surface area contributed by atoms with Crippen LogP contribution in [0.3, 0.4) is 0 Å². The van der Waals surface area contributed by atoms with Crippen molar-refractivity contribution in [2.45, 2.75) is 44.1 Å². The van der Waals surface area contributed by atoms with Gasteiger partial charge in [0.05, 0.1) is 5.54 Å². The second-order valence-electron chi connectivity index (χ2n) is 9.92. The first-order chi connectivity index (χ1) is 17.4. The minimum atomic E-state index is -0.490. The van der Waals surface area contributed by atoms with Crippen molar-refractivity contribution >= 4 is 17.6 Å². The second kappa shape index (κ2) is 10.0. The van der Waals surface area contributed by atoms with Gasteiger partial charge in [-0.3, -0.25) is 4.79 Å². The van der Waals surface area contributed by atoms with Crippen LogP contribution in [0.5, 0.6) is 0 Å². The van der Waals surface area contributed by atoms with Gasteiger partial charge in [0.15, 0.2) is 5.82 Å². The lowest BCUT2D eigenvalue weighted by molar-refractivity contribution is -0.133. The van der Waals surface area contributed by atoms with E-state index in [4.69, 9.17) is 0 Å². The molecule has 1 saturated carbocycles. The van der Waals surface area contributed by atoms with Gasteiger partial charge in [0.2, 0.25) is 5.91 Å². The summed E-state index contributed by atoms with van der Waals surface area (Å²) < 4.78 is 14.8. The number of urea groups is 1. The average Bonchev–Trinajstić information content (AvgIpc) is 3.46. The number of rotatable bonds is 7. The van der Waals surface area contributed by atoms with Gasteiger partial charge in [-0.1, -0.05) is 24.3 Å². The fourth-order valence-corrected chi connectivity index (χ4v) is 4.92. The first-order valence-electron chi connectivity index (χ1n) is 12.3. The molecule has 5 rings (SSSR count). The number of piperidine rings is 1. The molecule has 1 aliphatic heterocycles. The Bertz CT molecular complexity index is 1240. The number of hydrogen-bond donors (Lipinski definition) is 2. The molecule has 188 valence electrons. The number of tetrazole rings is 1. The van der Waals surface area contributed by atoms with Crippen LogP contribution in [0.4, 0.5) is 14.9 Å². The number of anilines is 1. The third kappa shape index (κ3) is 5.69. The molecular formula is C26H30FN7O2. The first-order valence-corrected chi connectivity index (χ1v) is 12.3. The van der Waals surface area contributed by atoms with Gasteiger partial charge in [-0.05, 0) is 78.3 Å². The molecule has 0 radical (unpaired) electrons. The van der Waals surface area contributed by atoms with E-state index in [0.717, 1.165) is 49.8 Å². The molecule has 1 aliphatic carbocycles. The monoisotopic (exact) mass is 491 g/mol. The van der Waals surface area contributed by atoms with Crippen LogP contribution in [0, 0.1) is 11.7 Å². The summed E-state index contributed by atoms with van der Waals surface area (Å²) in [4.78, 5) is 27.8. The summed E-state index contributed by atoms with van der Waals surface area (Å²) in [6.07, 6.45) is 4.70. The highest BCUT2D eigenvalue weighted by atomic mass is 19.1. The lowest BCUT2D eigenvalue weighted by Gasteiger charge is -2.34. The number of likely N-dealkylation sites (tertiary alicyclic amines) is 1. The van der Waals surface area contributed by atoms with Crippen molar-refractivity contribution in [1.82, 2.24) is 30.4 Å². The van der Waals surface area contributed by atoms with Crippen molar-refractivity contribution < 1.29 is 14.0 Å². The normalized spacial score (nSPS) is 18.5. The van der Waals surface area contributed by atoms with Gasteiger partial charge < -0.3 is 15.5 Å². The van der Waals surface area contributed by atoms with Gasteiger partial charge in [-0.25, -0.2) is 13.9 Å². The molecule has 10 heteroatoms. The lowest BCUT2D eigenvalue weighted by Crippen LogP contribution is -2.46. The maximum absolute atomic E-state index is 13.2. The van der Waals surface area contributed by atoms with Crippen LogP contribution in [0.15, 0.2) is 48.5 Å². The molecule has 2 aliphatic rings. The molecule has 9 nitrogen and oxygen atoms in total. The minimum Gasteiger partial charge on any atom is -0.342 e. The number of aryl methyl sites for hydroxylation is 1. The van der Waals surface area contributed by atoms with E-state index in [2.05, 4.69) is 26.2 Å². The largest absolute Gasteiger partial charge is 0.342 e. The molecule has 3 aromatic rings. The van der Waals surface area contributed by atoms with E-state index in [1.54, 1.807) is 17.8 Å². The van der Waals surface area contributed by atoms with Crippen molar-refractivity contribution in [2.75, 3.05) is 18.4 Å². The number of carbonyl (C=O) groups is 2. The molecule has 2 heterocycles. The van der Waals surface area contributed by atoms with E-state index < -0.39 is 5.54 Å². The number of hydrogen-bond acceptors (Lipinski definition) is 5. The molecule has 1 saturated heterocycles. The molecule has 2 N–H and O–H groups in total. The number of benzene rings is 2. The maximum atomic E-state index is 13.2. The predicted octanol–water partition coefficient (Wildman–Crippen LogP) is 3.54. The zero-order valence-electron chi connectivity index (χ0n) is 20.3. The Morgan fingerprint density at radius 2 is 1.97 bits per heavy atom. The Labute approximate surface area is 209 Å². The number of amides is 3. The summed E-state index contributed by atoms with van der Waals surface area (Å²) in [5, 5.41) is 17.4. The lowest BCUT2D eigenvalue weighted by atomic mass is 9.91. The van der Waals surface area contributed by atoms with Gasteiger partial charge >= 0.3 is 6.03 Å². The van der Waals surface area contributed by atoms with Gasteiger partial charge in [0.25, 0.3) is 0 Å². The third-order valence-corrected chi connectivity index (χ3v) is 7.03. The zero-order valence-corrected chi connectivity index (χ0v) is 20.3. The van der Waals surface area contributed by atoms with Crippen molar-refractivity contribution in [3.63, 3.8) is 0 Å². The molecule has 3 amide bonds. The van der Waals surface area contributed by atoms with Crippen LogP contribution in [-0.4, -0.2) is 55.7 Å². The summed E-state index contributed by atoms with van der Waals surface area (Å²) in [6.45, 7) is 1.44. The molecule has 2 fully saturated rings. The summed E-state index contributed by atoms with van der Waals surface area (Å²) in [6, 6.07) is 13.6. The molecule has 1 aromatic heterocycles. The first kappa shape index (κ1) is 23.9. The van der Waals surface area contributed by atoms with E-state index in [-0.39, 0.29) is 17.8 Å². The smallest absolute Gasteiger partial charge is 0.319 e. The van der Waals surface area contributed by atoms with E-state index in [1.165, 1.54) is 12.1 Å². The third-order valence-electron chi connectivity index (χ3n) is 7.03. The van der Waals surface area contributed by atoms with Crippen molar-refractivity contribution in [2.24, 2.45) is 13.0 Å². The van der Waals surface area contributed by atoms with Crippen molar-refractivity contribution in [1.29, 1.82) is 0 Å². The summed E-state index contributed by atoms with van der Waals surface area (Å²) in [7, 11) is 1.75.